The van der Waals surface area contributed by atoms with Gasteiger partial charge in [0.1, 0.15) is 0 Å². The first-order valence-electron chi connectivity index (χ1n) is 7.81. The number of alkyl halides is 3. The van der Waals surface area contributed by atoms with E-state index in [-0.39, 0.29) is 18.7 Å². The molecule has 0 bridgehead atoms. The van der Waals surface area contributed by atoms with Gasteiger partial charge in [0.2, 0.25) is 11.1 Å². The number of amides is 1. The van der Waals surface area contributed by atoms with Gasteiger partial charge in [-0.25, -0.2) is 0 Å². The van der Waals surface area contributed by atoms with Gasteiger partial charge in [0.05, 0.1) is 36.1 Å². The lowest BCUT2D eigenvalue weighted by Gasteiger charge is -2.33. The zero-order chi connectivity index (χ0) is 18.2. The highest BCUT2D eigenvalue weighted by Gasteiger charge is 2.38. The Morgan fingerprint density at radius 1 is 1.20 bits per heavy atom. The number of carbonyl (C=O) groups is 2. The molecule has 0 spiro atoms. The Balaban J connectivity index is 2.01. The minimum atomic E-state index is -4.53. The lowest BCUT2D eigenvalue weighted by Crippen LogP contribution is -2.38. The molecule has 9 heteroatoms. The quantitative estimate of drug-likeness (QED) is 0.761. The normalized spacial score (nSPS) is 21.8. The number of benzene rings is 1. The van der Waals surface area contributed by atoms with E-state index in [4.69, 9.17) is 16.3 Å². The fraction of sp³-hybridized carbons (Fsp3) is 0.500. The van der Waals surface area contributed by atoms with Gasteiger partial charge in [0.15, 0.2) is 0 Å². The Bertz CT molecular complexity index is 690. The predicted octanol–water partition coefficient (Wildman–Crippen LogP) is 2.66. The zero-order valence-corrected chi connectivity index (χ0v) is 13.9. The maximum atomic E-state index is 13.1. The maximum absolute atomic E-state index is 13.1. The zero-order valence-electron chi connectivity index (χ0n) is 13.2. The molecule has 2 fully saturated rings. The van der Waals surface area contributed by atoms with Crippen LogP contribution in [0.25, 0.3) is 0 Å². The highest BCUT2D eigenvalue weighted by molar-refractivity contribution is 6.64. The molecular formula is C16H16ClF3N2O3. The van der Waals surface area contributed by atoms with Gasteiger partial charge in [-0.3, -0.25) is 9.59 Å². The van der Waals surface area contributed by atoms with Crippen LogP contribution >= 0.6 is 11.6 Å². The first-order chi connectivity index (χ1) is 11.8. The first kappa shape index (κ1) is 18.0. The summed E-state index contributed by atoms with van der Waals surface area (Å²) in [5, 5.41) is -0.657. The number of rotatable bonds is 3. The van der Waals surface area contributed by atoms with E-state index in [1.54, 1.807) is 0 Å². The minimum absolute atomic E-state index is 0.0141. The summed E-state index contributed by atoms with van der Waals surface area (Å²) in [6.45, 7) is 1.92. The van der Waals surface area contributed by atoms with Crippen LogP contribution in [0.2, 0.25) is 0 Å². The molecule has 2 aliphatic heterocycles. The van der Waals surface area contributed by atoms with E-state index in [0.717, 1.165) is 12.1 Å². The van der Waals surface area contributed by atoms with Crippen LogP contribution in [0.5, 0.6) is 0 Å². The number of carbonyl (C=O) groups excluding carboxylic acids is 2. The molecule has 0 aromatic heterocycles. The van der Waals surface area contributed by atoms with Gasteiger partial charge in [-0.15, -0.1) is 0 Å². The van der Waals surface area contributed by atoms with Crippen LogP contribution in [0.3, 0.4) is 0 Å². The Kier molecular flexibility index (Phi) is 4.92. The molecule has 25 heavy (non-hydrogen) atoms. The van der Waals surface area contributed by atoms with Crippen molar-refractivity contribution >= 4 is 34.1 Å². The molecule has 2 heterocycles. The average Bonchev–Trinajstić information content (AvgIpc) is 2.96. The van der Waals surface area contributed by atoms with Gasteiger partial charge in [0.25, 0.3) is 0 Å². The topological polar surface area (TPSA) is 49.9 Å². The lowest BCUT2D eigenvalue weighted by molar-refractivity contribution is -0.137. The SMILES string of the molecule is O=C(Cl)[C@@H]1CC(=O)N(c2cc(C(F)(F)F)ccc2N2CCOCC2)C1. The summed E-state index contributed by atoms with van der Waals surface area (Å²) in [6, 6.07) is 3.33. The van der Waals surface area contributed by atoms with Crippen molar-refractivity contribution in [1.82, 2.24) is 0 Å². The van der Waals surface area contributed by atoms with Gasteiger partial charge < -0.3 is 14.5 Å². The molecule has 2 aliphatic rings. The van der Waals surface area contributed by atoms with E-state index >= 15 is 0 Å². The third-order valence-electron chi connectivity index (χ3n) is 4.39. The van der Waals surface area contributed by atoms with Crippen molar-refractivity contribution < 1.29 is 27.5 Å². The van der Waals surface area contributed by atoms with Crippen LogP contribution < -0.4 is 9.80 Å². The molecule has 3 rings (SSSR count). The maximum Gasteiger partial charge on any atom is 0.416 e. The second-order valence-electron chi connectivity index (χ2n) is 6.01. The highest BCUT2D eigenvalue weighted by atomic mass is 35.5. The van der Waals surface area contributed by atoms with Crippen LogP contribution in [0.15, 0.2) is 18.2 Å². The molecule has 0 unspecified atom stereocenters. The van der Waals surface area contributed by atoms with Gasteiger partial charge in [-0.2, -0.15) is 13.2 Å². The first-order valence-corrected chi connectivity index (χ1v) is 8.19. The summed E-state index contributed by atoms with van der Waals surface area (Å²) in [6.07, 6.45) is -4.62. The van der Waals surface area contributed by atoms with Crippen LogP contribution in [-0.4, -0.2) is 44.0 Å². The van der Waals surface area contributed by atoms with E-state index < -0.39 is 28.8 Å². The number of halogens is 4. The van der Waals surface area contributed by atoms with Crippen molar-refractivity contribution in [2.75, 3.05) is 42.6 Å². The van der Waals surface area contributed by atoms with Crippen molar-refractivity contribution in [3.8, 4) is 0 Å². The summed E-state index contributed by atoms with van der Waals surface area (Å²) < 4.78 is 44.6. The second-order valence-corrected chi connectivity index (χ2v) is 6.38. The summed E-state index contributed by atoms with van der Waals surface area (Å²) in [5.74, 6) is -1.12. The molecule has 136 valence electrons. The second kappa shape index (κ2) is 6.84. The summed E-state index contributed by atoms with van der Waals surface area (Å²) in [5.41, 5.74) is -0.164. The molecule has 1 aromatic carbocycles. The molecule has 0 N–H and O–H groups in total. The fourth-order valence-corrected chi connectivity index (χ4v) is 3.23. The smallest absolute Gasteiger partial charge is 0.378 e. The Labute approximate surface area is 147 Å². The molecule has 5 nitrogen and oxygen atoms in total. The number of morpholine rings is 1. The molecule has 0 radical (unpaired) electrons. The fourth-order valence-electron chi connectivity index (χ4n) is 3.08. The molecule has 1 aromatic rings. The van der Waals surface area contributed by atoms with E-state index in [2.05, 4.69) is 0 Å². The van der Waals surface area contributed by atoms with Crippen molar-refractivity contribution in [3.63, 3.8) is 0 Å². The number of hydrogen-bond acceptors (Lipinski definition) is 4. The summed E-state index contributed by atoms with van der Waals surface area (Å²) in [7, 11) is 0. The number of ether oxygens (including phenoxy) is 1. The molecule has 0 aliphatic carbocycles. The summed E-state index contributed by atoms with van der Waals surface area (Å²) in [4.78, 5) is 26.7. The molecule has 0 saturated carbocycles. The molecule has 1 atom stereocenters. The van der Waals surface area contributed by atoms with Crippen molar-refractivity contribution in [2.45, 2.75) is 12.6 Å². The summed E-state index contributed by atoms with van der Waals surface area (Å²) >= 11 is 5.47. The Morgan fingerprint density at radius 3 is 2.44 bits per heavy atom. The lowest BCUT2D eigenvalue weighted by atomic mass is 10.1. The number of nitrogens with zero attached hydrogens (tertiary/aromatic N) is 2. The average molecular weight is 377 g/mol. The van der Waals surface area contributed by atoms with Crippen LogP contribution in [0.4, 0.5) is 24.5 Å². The third-order valence-corrected chi connectivity index (χ3v) is 4.70. The minimum Gasteiger partial charge on any atom is -0.378 e. The standard InChI is InChI=1S/C16H16ClF3N2O3/c17-15(24)10-7-14(23)22(9-10)13-8-11(16(18,19)20)1-2-12(13)21-3-5-25-6-4-21/h1-2,8,10H,3-7,9H2/t10-/m1/s1. The predicted molar refractivity (Wildman–Crippen MR) is 85.8 cm³/mol. The van der Waals surface area contributed by atoms with Gasteiger partial charge in [-0.1, -0.05) is 0 Å². The highest BCUT2D eigenvalue weighted by Crippen LogP contribution is 2.39. The Hall–Kier alpha value is -1.80. The molecule has 2 saturated heterocycles. The van der Waals surface area contributed by atoms with E-state index in [0.29, 0.717) is 32.0 Å². The Morgan fingerprint density at radius 2 is 1.88 bits per heavy atom. The largest absolute Gasteiger partial charge is 0.416 e. The van der Waals surface area contributed by atoms with Crippen molar-refractivity contribution in [1.29, 1.82) is 0 Å². The van der Waals surface area contributed by atoms with E-state index in [1.807, 2.05) is 4.90 Å². The van der Waals surface area contributed by atoms with Crippen LogP contribution in [0.1, 0.15) is 12.0 Å². The van der Waals surface area contributed by atoms with Gasteiger partial charge >= 0.3 is 6.18 Å². The third kappa shape index (κ3) is 3.74. The van der Waals surface area contributed by atoms with Crippen molar-refractivity contribution in [2.24, 2.45) is 5.92 Å². The number of hydrogen-bond donors (Lipinski definition) is 0. The molecule has 1 amide bonds. The van der Waals surface area contributed by atoms with Crippen molar-refractivity contribution in [3.05, 3.63) is 23.8 Å². The molecular weight excluding hydrogens is 361 g/mol. The monoisotopic (exact) mass is 376 g/mol. The number of anilines is 2. The van der Waals surface area contributed by atoms with E-state index in [9.17, 15) is 22.8 Å². The van der Waals surface area contributed by atoms with Crippen LogP contribution in [-0.2, 0) is 20.5 Å². The van der Waals surface area contributed by atoms with Crippen LogP contribution in [0, 0.1) is 5.92 Å². The van der Waals surface area contributed by atoms with E-state index in [1.165, 1.54) is 11.0 Å². The van der Waals surface area contributed by atoms with Gasteiger partial charge in [0, 0.05) is 26.1 Å². The van der Waals surface area contributed by atoms with Gasteiger partial charge in [-0.05, 0) is 29.8 Å².